The van der Waals surface area contributed by atoms with Crippen LogP contribution >= 0.6 is 0 Å². The van der Waals surface area contributed by atoms with Gasteiger partial charge in [-0.15, -0.1) is 0 Å². The van der Waals surface area contributed by atoms with Gasteiger partial charge in [0, 0.05) is 32.0 Å². The standard InChI is InChI=1S/C14H26F2N2O2/c1-11(2)10-20-13(19)9-12(17)3-6-18-7-4-14(15,16)5-8-18/h11-12H,3-10,17H2,1-2H3/t12-/m0/s1. The lowest BCUT2D eigenvalue weighted by Crippen LogP contribution is -2.41. The van der Waals surface area contributed by atoms with Gasteiger partial charge in [0.2, 0.25) is 0 Å². The highest BCUT2D eigenvalue weighted by molar-refractivity contribution is 5.70. The Labute approximate surface area is 119 Å². The van der Waals surface area contributed by atoms with Gasteiger partial charge in [-0.25, -0.2) is 8.78 Å². The first kappa shape index (κ1) is 17.3. The summed E-state index contributed by atoms with van der Waals surface area (Å²) in [6.45, 7) is 5.81. The fraction of sp³-hybridized carbons (Fsp3) is 0.929. The molecule has 0 aliphatic carbocycles. The highest BCUT2D eigenvalue weighted by Gasteiger charge is 2.33. The van der Waals surface area contributed by atoms with Gasteiger partial charge in [0.15, 0.2) is 0 Å². The van der Waals surface area contributed by atoms with Crippen molar-refractivity contribution in [2.45, 2.75) is 51.5 Å². The van der Waals surface area contributed by atoms with Gasteiger partial charge in [0.05, 0.1) is 13.0 Å². The van der Waals surface area contributed by atoms with E-state index >= 15 is 0 Å². The number of piperidine rings is 1. The average Bonchev–Trinajstić information content (AvgIpc) is 2.35. The highest BCUT2D eigenvalue weighted by Crippen LogP contribution is 2.27. The number of esters is 1. The number of hydrogen-bond acceptors (Lipinski definition) is 4. The number of alkyl halides is 2. The third-order valence-electron chi connectivity index (χ3n) is 3.41. The molecule has 118 valence electrons. The van der Waals surface area contributed by atoms with Crippen LogP contribution in [0.3, 0.4) is 0 Å². The number of carbonyl (C=O) groups excluding carboxylic acids is 1. The summed E-state index contributed by atoms with van der Waals surface area (Å²) in [5.74, 6) is -2.49. The van der Waals surface area contributed by atoms with Crippen molar-refractivity contribution in [1.82, 2.24) is 4.90 Å². The second-order valence-corrected chi connectivity index (χ2v) is 6.03. The number of carbonyl (C=O) groups is 1. The lowest BCUT2D eigenvalue weighted by Gasteiger charge is -2.32. The fourth-order valence-electron chi connectivity index (χ4n) is 2.09. The minimum Gasteiger partial charge on any atom is -0.465 e. The van der Waals surface area contributed by atoms with Gasteiger partial charge in [-0.1, -0.05) is 13.8 Å². The number of ether oxygens (including phenoxy) is 1. The van der Waals surface area contributed by atoms with Crippen LogP contribution < -0.4 is 5.73 Å². The van der Waals surface area contributed by atoms with E-state index in [1.165, 1.54) is 0 Å². The van der Waals surface area contributed by atoms with E-state index in [-0.39, 0.29) is 31.3 Å². The Bertz CT molecular complexity index is 302. The molecule has 0 unspecified atom stereocenters. The Hall–Kier alpha value is -0.750. The molecule has 1 heterocycles. The predicted octanol–water partition coefficient (Wildman–Crippen LogP) is 2.02. The average molecular weight is 292 g/mol. The van der Waals surface area contributed by atoms with E-state index in [2.05, 4.69) is 0 Å². The monoisotopic (exact) mass is 292 g/mol. The Morgan fingerprint density at radius 1 is 1.35 bits per heavy atom. The number of hydrogen-bond donors (Lipinski definition) is 1. The van der Waals surface area contributed by atoms with E-state index in [0.717, 1.165) is 0 Å². The summed E-state index contributed by atoms with van der Waals surface area (Å²) < 4.78 is 31.0. The maximum Gasteiger partial charge on any atom is 0.307 e. The molecule has 0 saturated carbocycles. The van der Waals surface area contributed by atoms with E-state index in [0.29, 0.717) is 38.6 Å². The molecular weight excluding hydrogens is 266 g/mol. The molecular formula is C14H26F2N2O2. The second-order valence-electron chi connectivity index (χ2n) is 6.03. The Kier molecular flexibility index (Phi) is 6.82. The molecule has 0 amide bonds. The summed E-state index contributed by atoms with van der Waals surface area (Å²) in [7, 11) is 0. The van der Waals surface area contributed by atoms with Crippen LogP contribution in [-0.2, 0) is 9.53 Å². The topological polar surface area (TPSA) is 55.6 Å². The molecule has 0 spiro atoms. The molecule has 2 N–H and O–H groups in total. The summed E-state index contributed by atoms with van der Waals surface area (Å²) >= 11 is 0. The fourth-order valence-corrected chi connectivity index (χ4v) is 2.09. The van der Waals surface area contributed by atoms with Gasteiger partial charge in [-0.3, -0.25) is 4.79 Å². The van der Waals surface area contributed by atoms with Crippen LogP contribution in [0.4, 0.5) is 8.78 Å². The van der Waals surface area contributed by atoms with E-state index in [9.17, 15) is 13.6 Å². The van der Waals surface area contributed by atoms with Crippen molar-refractivity contribution in [3.63, 3.8) is 0 Å². The van der Waals surface area contributed by atoms with Gasteiger partial charge in [-0.2, -0.15) is 0 Å². The summed E-state index contributed by atoms with van der Waals surface area (Å²) in [5.41, 5.74) is 5.88. The van der Waals surface area contributed by atoms with Crippen LogP contribution in [0.1, 0.15) is 39.5 Å². The van der Waals surface area contributed by atoms with Crippen LogP contribution in [0.5, 0.6) is 0 Å². The first-order chi connectivity index (χ1) is 9.28. The third-order valence-corrected chi connectivity index (χ3v) is 3.41. The molecule has 4 nitrogen and oxygen atoms in total. The Balaban J connectivity index is 2.14. The largest absolute Gasteiger partial charge is 0.465 e. The van der Waals surface area contributed by atoms with Crippen LogP contribution in [-0.4, -0.2) is 49.1 Å². The lowest BCUT2D eigenvalue weighted by atomic mass is 10.1. The summed E-state index contributed by atoms with van der Waals surface area (Å²) in [5, 5.41) is 0. The van der Waals surface area contributed by atoms with E-state index in [1.54, 1.807) is 0 Å². The number of halogens is 2. The zero-order valence-corrected chi connectivity index (χ0v) is 12.4. The molecule has 1 aliphatic heterocycles. The third kappa shape index (κ3) is 7.14. The normalized spacial score (nSPS) is 20.9. The molecule has 1 rings (SSSR count). The van der Waals surface area contributed by atoms with Gasteiger partial charge < -0.3 is 15.4 Å². The van der Waals surface area contributed by atoms with Gasteiger partial charge in [0.25, 0.3) is 5.92 Å². The minimum atomic E-state index is -2.51. The number of likely N-dealkylation sites (tertiary alicyclic amines) is 1. The summed E-state index contributed by atoms with van der Waals surface area (Å²) in [6.07, 6.45) is 0.649. The van der Waals surface area contributed by atoms with Gasteiger partial charge >= 0.3 is 5.97 Å². The maximum atomic E-state index is 13.0. The highest BCUT2D eigenvalue weighted by atomic mass is 19.3. The molecule has 0 aromatic carbocycles. The van der Waals surface area contributed by atoms with Crippen molar-refractivity contribution in [2.24, 2.45) is 11.7 Å². The van der Waals surface area contributed by atoms with E-state index in [4.69, 9.17) is 10.5 Å². The van der Waals surface area contributed by atoms with Crippen molar-refractivity contribution in [3.8, 4) is 0 Å². The lowest BCUT2D eigenvalue weighted by molar-refractivity contribution is -0.145. The molecule has 0 bridgehead atoms. The van der Waals surface area contributed by atoms with Crippen molar-refractivity contribution in [1.29, 1.82) is 0 Å². The molecule has 6 heteroatoms. The summed E-state index contributed by atoms with van der Waals surface area (Å²) in [6, 6.07) is -0.267. The molecule has 0 radical (unpaired) electrons. The first-order valence-electron chi connectivity index (χ1n) is 7.30. The molecule has 1 atom stereocenters. The van der Waals surface area contributed by atoms with Gasteiger partial charge in [-0.05, 0) is 18.9 Å². The van der Waals surface area contributed by atoms with E-state index in [1.807, 2.05) is 18.7 Å². The SMILES string of the molecule is CC(C)COC(=O)C[C@@H](N)CCN1CCC(F)(F)CC1. The smallest absolute Gasteiger partial charge is 0.307 e. The maximum absolute atomic E-state index is 13.0. The van der Waals surface area contributed by atoms with Gasteiger partial charge in [0.1, 0.15) is 0 Å². The van der Waals surface area contributed by atoms with Crippen molar-refractivity contribution in [2.75, 3.05) is 26.2 Å². The molecule has 20 heavy (non-hydrogen) atoms. The van der Waals surface area contributed by atoms with Crippen molar-refractivity contribution in [3.05, 3.63) is 0 Å². The summed E-state index contributed by atoms with van der Waals surface area (Å²) in [4.78, 5) is 13.5. The quantitative estimate of drug-likeness (QED) is 0.729. The van der Waals surface area contributed by atoms with Crippen molar-refractivity contribution < 1.29 is 18.3 Å². The first-order valence-corrected chi connectivity index (χ1v) is 7.30. The number of nitrogens with two attached hydrogens (primary N) is 1. The Morgan fingerprint density at radius 3 is 2.50 bits per heavy atom. The number of nitrogens with zero attached hydrogens (tertiary/aromatic N) is 1. The van der Waals surface area contributed by atoms with Crippen LogP contribution in [0.25, 0.3) is 0 Å². The number of rotatable bonds is 7. The zero-order valence-electron chi connectivity index (χ0n) is 12.4. The molecule has 1 aliphatic rings. The van der Waals surface area contributed by atoms with Crippen LogP contribution in [0, 0.1) is 5.92 Å². The van der Waals surface area contributed by atoms with Crippen LogP contribution in [0.15, 0.2) is 0 Å². The van der Waals surface area contributed by atoms with E-state index < -0.39 is 5.92 Å². The van der Waals surface area contributed by atoms with Crippen LogP contribution in [0.2, 0.25) is 0 Å². The zero-order chi connectivity index (χ0) is 15.2. The second kappa shape index (κ2) is 7.88. The molecule has 1 saturated heterocycles. The molecule has 1 fully saturated rings. The Morgan fingerprint density at radius 2 is 1.95 bits per heavy atom. The molecule has 0 aromatic rings. The predicted molar refractivity (Wildman–Crippen MR) is 73.6 cm³/mol. The van der Waals surface area contributed by atoms with Crippen molar-refractivity contribution >= 4 is 5.97 Å². The molecule has 0 aromatic heterocycles. The minimum absolute atomic E-state index is 0.0847.